The van der Waals surface area contributed by atoms with E-state index in [4.69, 9.17) is 4.84 Å². The van der Waals surface area contributed by atoms with Crippen LogP contribution in [0.3, 0.4) is 0 Å². The van der Waals surface area contributed by atoms with Gasteiger partial charge in [-0.15, -0.1) is 0 Å². The van der Waals surface area contributed by atoms with Gasteiger partial charge in [0.15, 0.2) is 5.71 Å². The summed E-state index contributed by atoms with van der Waals surface area (Å²) in [6.45, 7) is 1.66. The Hall–Kier alpha value is -1.10. The molecule has 13 heavy (non-hydrogen) atoms. The Morgan fingerprint density at radius 1 is 1.77 bits per heavy atom. The zero-order valence-electron chi connectivity index (χ0n) is 7.45. The topological polar surface area (TPSA) is 59.9 Å². The second kappa shape index (κ2) is 3.33. The lowest BCUT2D eigenvalue weighted by Crippen LogP contribution is -2.43. The van der Waals surface area contributed by atoms with E-state index in [1.807, 2.05) is 0 Å². The fraction of sp³-hybridized carbons (Fsp3) is 0.750. The first kappa shape index (κ1) is 8.50. The van der Waals surface area contributed by atoms with Crippen LogP contribution in [0.25, 0.3) is 0 Å². The van der Waals surface area contributed by atoms with Gasteiger partial charge in [-0.25, -0.2) is 4.79 Å². The average molecular weight is 184 g/mol. The van der Waals surface area contributed by atoms with Gasteiger partial charge in [-0.1, -0.05) is 5.16 Å². The summed E-state index contributed by atoms with van der Waals surface area (Å²) >= 11 is 0. The predicted molar refractivity (Wildman–Crippen MR) is 45.3 cm³/mol. The van der Waals surface area contributed by atoms with Gasteiger partial charge in [0.2, 0.25) is 0 Å². The zero-order chi connectivity index (χ0) is 9.26. The predicted octanol–water partition coefficient (Wildman–Crippen LogP) is -0.476. The number of carbonyl (C=O) groups is 1. The molecule has 0 amide bonds. The molecule has 72 valence electrons. The van der Waals surface area contributed by atoms with E-state index in [0.29, 0.717) is 5.71 Å². The van der Waals surface area contributed by atoms with Crippen molar-refractivity contribution in [1.29, 1.82) is 0 Å². The molecule has 0 aromatic heterocycles. The smallest absolute Gasteiger partial charge is 0.356 e. The number of fused-ring (bicyclic) bond motifs is 1. The third kappa shape index (κ3) is 1.39. The molecular weight excluding hydrogens is 172 g/mol. The van der Waals surface area contributed by atoms with Crippen LogP contribution in [-0.4, -0.2) is 38.0 Å². The van der Waals surface area contributed by atoms with Gasteiger partial charge < -0.3 is 14.9 Å². The molecule has 0 saturated carbocycles. The van der Waals surface area contributed by atoms with Gasteiger partial charge in [-0.2, -0.15) is 0 Å². The Labute approximate surface area is 76.1 Å². The van der Waals surface area contributed by atoms with E-state index >= 15 is 0 Å². The number of ether oxygens (including phenoxy) is 1. The minimum atomic E-state index is -0.366. The Bertz CT molecular complexity index is 252. The van der Waals surface area contributed by atoms with Gasteiger partial charge in [-0.05, 0) is 13.0 Å². The normalized spacial score (nSPS) is 31.6. The van der Waals surface area contributed by atoms with Gasteiger partial charge in [-0.3, -0.25) is 0 Å². The lowest BCUT2D eigenvalue weighted by molar-refractivity contribution is -0.133. The van der Waals surface area contributed by atoms with Crippen LogP contribution in [0.15, 0.2) is 5.16 Å². The Kier molecular flexibility index (Phi) is 2.18. The van der Waals surface area contributed by atoms with Crippen LogP contribution >= 0.6 is 0 Å². The van der Waals surface area contributed by atoms with Crippen LogP contribution in [0.1, 0.15) is 6.42 Å². The van der Waals surface area contributed by atoms with Crippen molar-refractivity contribution in [3.63, 3.8) is 0 Å². The van der Waals surface area contributed by atoms with E-state index in [1.165, 1.54) is 7.11 Å². The number of methoxy groups -OCH3 is 1. The summed E-state index contributed by atoms with van der Waals surface area (Å²) in [5.41, 5.74) is 0.439. The maximum atomic E-state index is 11.2. The standard InChI is InChI=1S/C8H12N2O3/c1-12-8(11)7-5-2-3-9-4-6(5)13-10-7/h5-6,9H,2-4H2,1H3. The maximum absolute atomic E-state index is 11.2. The third-order valence-electron chi connectivity index (χ3n) is 2.46. The minimum absolute atomic E-state index is 0.0165. The molecule has 0 bridgehead atoms. The Morgan fingerprint density at radius 2 is 2.62 bits per heavy atom. The van der Waals surface area contributed by atoms with Crippen LogP contribution < -0.4 is 5.32 Å². The molecule has 0 radical (unpaired) electrons. The molecule has 2 heterocycles. The molecule has 1 fully saturated rings. The monoisotopic (exact) mass is 184 g/mol. The van der Waals surface area contributed by atoms with Gasteiger partial charge in [0.05, 0.1) is 13.0 Å². The van der Waals surface area contributed by atoms with Gasteiger partial charge in [0.25, 0.3) is 0 Å². The van der Waals surface area contributed by atoms with Crippen molar-refractivity contribution in [2.45, 2.75) is 12.5 Å². The summed E-state index contributed by atoms with van der Waals surface area (Å²) in [7, 11) is 1.36. The average Bonchev–Trinajstić information content (AvgIpc) is 2.60. The number of nitrogens with one attached hydrogen (secondary N) is 1. The van der Waals surface area contributed by atoms with E-state index in [0.717, 1.165) is 19.5 Å². The molecule has 1 N–H and O–H groups in total. The van der Waals surface area contributed by atoms with Crippen molar-refractivity contribution in [3.05, 3.63) is 0 Å². The highest BCUT2D eigenvalue weighted by Gasteiger charge is 2.39. The molecule has 2 unspecified atom stereocenters. The number of piperidine rings is 1. The van der Waals surface area contributed by atoms with E-state index in [9.17, 15) is 4.79 Å². The minimum Gasteiger partial charge on any atom is -0.464 e. The molecular formula is C8H12N2O3. The van der Waals surface area contributed by atoms with Crippen LogP contribution in [0, 0.1) is 5.92 Å². The SMILES string of the molecule is COC(=O)C1=NOC2CNCCC12. The highest BCUT2D eigenvalue weighted by molar-refractivity contribution is 6.37. The fourth-order valence-electron chi connectivity index (χ4n) is 1.74. The molecule has 0 spiro atoms. The summed E-state index contributed by atoms with van der Waals surface area (Å²) in [6.07, 6.45) is 0.904. The van der Waals surface area contributed by atoms with Crippen molar-refractivity contribution < 1.29 is 14.4 Å². The first-order valence-electron chi connectivity index (χ1n) is 4.35. The molecule has 1 saturated heterocycles. The summed E-state index contributed by atoms with van der Waals surface area (Å²) in [5, 5.41) is 6.94. The lowest BCUT2D eigenvalue weighted by Gasteiger charge is -2.23. The molecule has 0 aliphatic carbocycles. The zero-order valence-corrected chi connectivity index (χ0v) is 7.45. The summed E-state index contributed by atoms with van der Waals surface area (Å²) in [4.78, 5) is 16.3. The number of carbonyl (C=O) groups excluding carboxylic acids is 1. The largest absolute Gasteiger partial charge is 0.464 e. The van der Waals surface area contributed by atoms with E-state index < -0.39 is 0 Å². The first-order chi connectivity index (χ1) is 6.33. The molecule has 0 aromatic rings. The van der Waals surface area contributed by atoms with Crippen LogP contribution in [0.5, 0.6) is 0 Å². The van der Waals surface area contributed by atoms with Crippen molar-refractivity contribution in [1.82, 2.24) is 5.32 Å². The van der Waals surface area contributed by atoms with Crippen LogP contribution in [0.4, 0.5) is 0 Å². The van der Waals surface area contributed by atoms with Gasteiger partial charge >= 0.3 is 5.97 Å². The molecule has 5 nitrogen and oxygen atoms in total. The molecule has 2 aliphatic heterocycles. The lowest BCUT2D eigenvalue weighted by atomic mass is 9.91. The number of esters is 1. The number of oxime groups is 1. The second-order valence-electron chi connectivity index (χ2n) is 3.21. The van der Waals surface area contributed by atoms with Crippen molar-refractivity contribution >= 4 is 11.7 Å². The van der Waals surface area contributed by atoms with Crippen molar-refractivity contribution in [3.8, 4) is 0 Å². The van der Waals surface area contributed by atoms with Crippen LogP contribution in [-0.2, 0) is 14.4 Å². The summed E-state index contributed by atoms with van der Waals surface area (Å²) in [6, 6.07) is 0. The Morgan fingerprint density at radius 3 is 3.38 bits per heavy atom. The summed E-state index contributed by atoms with van der Waals surface area (Å²) in [5.74, 6) is -0.247. The number of hydrogen-bond acceptors (Lipinski definition) is 5. The van der Waals surface area contributed by atoms with E-state index in [-0.39, 0.29) is 18.0 Å². The molecule has 2 aliphatic rings. The molecule has 5 heteroatoms. The highest BCUT2D eigenvalue weighted by Crippen LogP contribution is 2.24. The Balaban J connectivity index is 2.09. The van der Waals surface area contributed by atoms with Crippen LogP contribution in [0.2, 0.25) is 0 Å². The number of rotatable bonds is 1. The second-order valence-corrected chi connectivity index (χ2v) is 3.21. The maximum Gasteiger partial charge on any atom is 0.356 e. The third-order valence-corrected chi connectivity index (χ3v) is 2.46. The van der Waals surface area contributed by atoms with E-state index in [2.05, 4.69) is 15.2 Å². The number of hydrogen-bond donors (Lipinski definition) is 1. The number of nitrogens with zero attached hydrogens (tertiary/aromatic N) is 1. The first-order valence-corrected chi connectivity index (χ1v) is 4.35. The van der Waals surface area contributed by atoms with E-state index in [1.54, 1.807) is 0 Å². The van der Waals surface area contributed by atoms with Gasteiger partial charge in [0, 0.05) is 6.54 Å². The molecule has 2 rings (SSSR count). The highest BCUT2D eigenvalue weighted by atomic mass is 16.6. The van der Waals surface area contributed by atoms with Crippen molar-refractivity contribution in [2.75, 3.05) is 20.2 Å². The van der Waals surface area contributed by atoms with Crippen molar-refractivity contribution in [2.24, 2.45) is 11.1 Å². The summed E-state index contributed by atoms with van der Waals surface area (Å²) < 4.78 is 4.61. The molecule has 2 atom stereocenters. The quantitative estimate of drug-likeness (QED) is 0.559. The molecule has 0 aromatic carbocycles. The van der Waals surface area contributed by atoms with Gasteiger partial charge in [0.1, 0.15) is 6.10 Å². The fourth-order valence-corrected chi connectivity index (χ4v) is 1.74.